The van der Waals surface area contributed by atoms with Crippen LogP contribution in [0.2, 0.25) is 0 Å². The van der Waals surface area contributed by atoms with Crippen LogP contribution in [0.3, 0.4) is 0 Å². The van der Waals surface area contributed by atoms with Crippen LogP contribution >= 0.6 is 0 Å². The Hall–Kier alpha value is -4.49. The van der Waals surface area contributed by atoms with Crippen LogP contribution in [0, 0.1) is 0 Å². The van der Waals surface area contributed by atoms with E-state index in [1.807, 2.05) is 54.6 Å². The summed E-state index contributed by atoms with van der Waals surface area (Å²) in [6.07, 6.45) is 3.65. The van der Waals surface area contributed by atoms with Crippen molar-refractivity contribution in [2.75, 3.05) is 0 Å². The van der Waals surface area contributed by atoms with Crippen LogP contribution in [0.5, 0.6) is 0 Å². The molecule has 0 aliphatic rings. The average Bonchev–Trinajstić information content (AvgIpc) is 2.93. The number of ketones is 1. The van der Waals surface area contributed by atoms with Crippen LogP contribution in [0.1, 0.15) is 15.9 Å². The van der Waals surface area contributed by atoms with Gasteiger partial charge in [-0.15, -0.1) is 0 Å². The minimum absolute atomic E-state index is 0.00856. The number of rotatable bonds is 6. The molecule has 0 bridgehead atoms. The molecule has 0 amide bonds. The predicted molar refractivity (Wildman–Crippen MR) is 143 cm³/mol. The van der Waals surface area contributed by atoms with Crippen molar-refractivity contribution in [3.63, 3.8) is 0 Å². The van der Waals surface area contributed by atoms with Gasteiger partial charge in [-0.25, -0.2) is 0 Å². The third-order valence-corrected chi connectivity index (χ3v) is 5.92. The fourth-order valence-electron chi connectivity index (χ4n) is 4.20. The second-order valence-electron chi connectivity index (χ2n) is 8.15. The fourth-order valence-corrected chi connectivity index (χ4v) is 4.20. The first kappa shape index (κ1) is 21.4. The van der Waals surface area contributed by atoms with Crippen molar-refractivity contribution < 1.29 is 4.79 Å². The molecule has 5 aromatic rings. The summed E-state index contributed by atoms with van der Waals surface area (Å²) in [5.41, 5.74) is 8.44. The smallest absolute Gasteiger partial charge is 0.185 e. The molecule has 162 valence electrons. The van der Waals surface area contributed by atoms with Crippen LogP contribution in [0.25, 0.3) is 39.5 Å². The molecule has 0 spiro atoms. The molecular weight excluding hydrogens is 412 g/mol. The monoisotopic (exact) mass is 436 g/mol. The van der Waals surface area contributed by atoms with Crippen molar-refractivity contribution >= 4 is 11.9 Å². The van der Waals surface area contributed by atoms with Gasteiger partial charge >= 0.3 is 0 Å². The molecular formula is C33H24O. The molecule has 0 radical (unpaired) electrons. The molecule has 1 nitrogen and oxygen atoms in total. The van der Waals surface area contributed by atoms with Crippen LogP contribution < -0.4 is 0 Å². The highest BCUT2D eigenvalue weighted by Crippen LogP contribution is 2.38. The molecule has 5 aromatic carbocycles. The molecule has 1 heteroatoms. The Bertz CT molecular complexity index is 1360. The molecule has 0 atom stereocenters. The van der Waals surface area contributed by atoms with Gasteiger partial charge in [-0.1, -0.05) is 121 Å². The maximum absolute atomic E-state index is 12.9. The first-order chi connectivity index (χ1) is 16.8. The van der Waals surface area contributed by atoms with E-state index < -0.39 is 0 Å². The number of carbonyl (C=O) groups is 1. The lowest BCUT2D eigenvalue weighted by atomic mass is 9.87. The van der Waals surface area contributed by atoms with Crippen molar-refractivity contribution in [2.45, 2.75) is 0 Å². The highest BCUT2D eigenvalue weighted by Gasteiger charge is 2.14. The fraction of sp³-hybridized carbons (Fsp3) is 0. The Kier molecular flexibility index (Phi) is 6.27. The van der Waals surface area contributed by atoms with Crippen molar-refractivity contribution in [3.05, 3.63) is 151 Å². The highest BCUT2D eigenvalue weighted by atomic mass is 16.1. The number of hydrogen-bond donors (Lipinski definition) is 0. The van der Waals surface area contributed by atoms with Crippen molar-refractivity contribution in [3.8, 4) is 33.4 Å². The van der Waals surface area contributed by atoms with E-state index in [2.05, 4.69) is 84.9 Å². The van der Waals surface area contributed by atoms with Crippen molar-refractivity contribution in [1.82, 2.24) is 0 Å². The van der Waals surface area contributed by atoms with Gasteiger partial charge in [0.1, 0.15) is 0 Å². The van der Waals surface area contributed by atoms with Gasteiger partial charge in [-0.3, -0.25) is 4.79 Å². The average molecular weight is 437 g/mol. The van der Waals surface area contributed by atoms with E-state index >= 15 is 0 Å². The van der Waals surface area contributed by atoms with E-state index in [0.717, 1.165) is 38.9 Å². The maximum Gasteiger partial charge on any atom is 0.185 e. The van der Waals surface area contributed by atoms with E-state index in [-0.39, 0.29) is 5.78 Å². The summed E-state index contributed by atoms with van der Waals surface area (Å²) < 4.78 is 0. The van der Waals surface area contributed by atoms with Gasteiger partial charge in [0.25, 0.3) is 0 Å². The molecule has 0 aromatic heterocycles. The van der Waals surface area contributed by atoms with Gasteiger partial charge < -0.3 is 0 Å². The summed E-state index contributed by atoms with van der Waals surface area (Å²) in [6, 6.07) is 45.0. The molecule has 0 heterocycles. The minimum Gasteiger partial charge on any atom is -0.289 e. The molecule has 0 N–H and O–H groups in total. The van der Waals surface area contributed by atoms with Crippen LogP contribution in [0.15, 0.2) is 140 Å². The van der Waals surface area contributed by atoms with Gasteiger partial charge in [-0.2, -0.15) is 0 Å². The first-order valence-electron chi connectivity index (χ1n) is 11.4. The zero-order valence-electron chi connectivity index (χ0n) is 18.8. The van der Waals surface area contributed by atoms with E-state index in [9.17, 15) is 4.79 Å². The standard InChI is InChI=1S/C33H24O/c34-33(28-19-11-4-12-20-28)22-21-30-31(26-15-7-2-8-16-26)23-29(25-13-5-1-6-14-25)24-32(30)27-17-9-3-10-18-27/h1-24H/b22-21-. The lowest BCUT2D eigenvalue weighted by molar-refractivity contribution is 0.104. The summed E-state index contributed by atoms with van der Waals surface area (Å²) >= 11 is 0. The largest absolute Gasteiger partial charge is 0.289 e. The Morgan fingerprint density at radius 1 is 0.471 bits per heavy atom. The van der Waals surface area contributed by atoms with Gasteiger partial charge in [0.15, 0.2) is 5.78 Å². The van der Waals surface area contributed by atoms with Crippen LogP contribution in [-0.4, -0.2) is 5.78 Å². The third kappa shape index (κ3) is 4.65. The Morgan fingerprint density at radius 2 is 0.882 bits per heavy atom. The number of benzene rings is 5. The molecule has 0 unspecified atom stereocenters. The van der Waals surface area contributed by atoms with Crippen molar-refractivity contribution in [2.24, 2.45) is 0 Å². The summed E-state index contributed by atoms with van der Waals surface area (Å²) in [6.45, 7) is 0. The second kappa shape index (κ2) is 9.97. The van der Waals surface area contributed by atoms with Gasteiger partial charge in [0.05, 0.1) is 0 Å². The SMILES string of the molecule is O=C(/C=C\c1c(-c2ccccc2)cc(-c2ccccc2)cc1-c1ccccc1)c1ccccc1. The van der Waals surface area contributed by atoms with Crippen LogP contribution in [0.4, 0.5) is 0 Å². The summed E-state index contributed by atoms with van der Waals surface area (Å²) in [5.74, 6) is -0.00856. The van der Waals surface area contributed by atoms with E-state index in [1.165, 1.54) is 0 Å². The zero-order valence-corrected chi connectivity index (χ0v) is 18.8. The highest BCUT2D eigenvalue weighted by molar-refractivity contribution is 6.08. The van der Waals surface area contributed by atoms with E-state index in [1.54, 1.807) is 6.08 Å². The molecule has 0 saturated heterocycles. The lowest BCUT2D eigenvalue weighted by Crippen LogP contribution is -1.95. The number of allylic oxidation sites excluding steroid dienone is 1. The summed E-state index contributed by atoms with van der Waals surface area (Å²) in [7, 11) is 0. The quantitative estimate of drug-likeness (QED) is 0.192. The van der Waals surface area contributed by atoms with Gasteiger partial charge in [0, 0.05) is 5.56 Å². The summed E-state index contributed by atoms with van der Waals surface area (Å²) in [4.78, 5) is 12.9. The second-order valence-corrected chi connectivity index (χ2v) is 8.15. The topological polar surface area (TPSA) is 17.1 Å². The van der Waals surface area contributed by atoms with Crippen molar-refractivity contribution in [1.29, 1.82) is 0 Å². The maximum atomic E-state index is 12.9. The van der Waals surface area contributed by atoms with Gasteiger partial charge in [-0.05, 0) is 63.2 Å². The zero-order chi connectivity index (χ0) is 23.2. The molecule has 0 saturated carbocycles. The first-order valence-corrected chi connectivity index (χ1v) is 11.4. The normalized spacial score (nSPS) is 10.9. The summed E-state index contributed by atoms with van der Waals surface area (Å²) in [5, 5.41) is 0. The molecule has 0 fully saturated rings. The number of carbonyl (C=O) groups excluding carboxylic acids is 1. The number of hydrogen-bond acceptors (Lipinski definition) is 1. The minimum atomic E-state index is -0.00856. The predicted octanol–water partition coefficient (Wildman–Crippen LogP) is 8.58. The van der Waals surface area contributed by atoms with E-state index in [0.29, 0.717) is 5.56 Å². The van der Waals surface area contributed by atoms with Crippen LogP contribution in [-0.2, 0) is 0 Å². The molecule has 34 heavy (non-hydrogen) atoms. The molecule has 0 aliphatic heterocycles. The molecule has 5 rings (SSSR count). The Morgan fingerprint density at radius 3 is 1.35 bits per heavy atom. The van der Waals surface area contributed by atoms with Gasteiger partial charge in [0.2, 0.25) is 0 Å². The lowest BCUT2D eigenvalue weighted by Gasteiger charge is -2.16. The Labute approximate surface area is 200 Å². The third-order valence-electron chi connectivity index (χ3n) is 5.92. The van der Waals surface area contributed by atoms with E-state index in [4.69, 9.17) is 0 Å². The Balaban J connectivity index is 1.74. The molecule has 0 aliphatic carbocycles.